The first kappa shape index (κ1) is 17.4. The van der Waals surface area contributed by atoms with Crippen molar-refractivity contribution in [1.82, 2.24) is 25.0 Å². The summed E-state index contributed by atoms with van der Waals surface area (Å²) in [4.78, 5) is 30.9. The van der Waals surface area contributed by atoms with Gasteiger partial charge in [-0.05, 0) is 32.0 Å². The molecule has 1 aromatic carbocycles. The predicted octanol–water partition coefficient (Wildman–Crippen LogP) is 1.35. The zero-order valence-electron chi connectivity index (χ0n) is 15.2. The van der Waals surface area contributed by atoms with Crippen LogP contribution in [0.5, 0.6) is 0 Å². The average Bonchev–Trinajstić information content (AvgIpc) is 3.16. The molecule has 8 nitrogen and oxygen atoms in total. The maximum absolute atomic E-state index is 12.5. The van der Waals surface area contributed by atoms with Gasteiger partial charge in [-0.3, -0.25) is 19.8 Å². The Balaban J connectivity index is 1.44. The lowest BCUT2D eigenvalue weighted by molar-refractivity contribution is -0.116. The Bertz CT molecular complexity index is 878. The van der Waals surface area contributed by atoms with Crippen LogP contribution < -0.4 is 10.6 Å². The topological polar surface area (TPSA) is 92.2 Å². The second-order valence-corrected chi connectivity index (χ2v) is 6.87. The van der Waals surface area contributed by atoms with E-state index in [1.54, 1.807) is 23.9 Å². The lowest BCUT2D eigenvalue weighted by atomic mass is 9.98. The van der Waals surface area contributed by atoms with Crippen molar-refractivity contribution >= 4 is 23.5 Å². The summed E-state index contributed by atoms with van der Waals surface area (Å²) < 4.78 is 1.57. The molecule has 0 aliphatic carbocycles. The monoisotopic (exact) mass is 366 g/mol. The number of carbonyl (C=O) groups excluding carboxylic acids is 2. The van der Waals surface area contributed by atoms with Gasteiger partial charge in [0.2, 0.25) is 11.9 Å². The Morgan fingerprint density at radius 3 is 2.70 bits per heavy atom. The minimum absolute atomic E-state index is 0.109. The lowest BCUT2D eigenvalue weighted by Crippen LogP contribution is -2.33. The molecule has 140 valence electrons. The van der Waals surface area contributed by atoms with Crippen LogP contribution in [-0.4, -0.2) is 51.1 Å². The molecule has 2 aliphatic heterocycles. The second kappa shape index (κ2) is 6.96. The highest BCUT2D eigenvalue weighted by molar-refractivity contribution is 6.11. The number of benzene rings is 1. The molecule has 2 N–H and O–H groups in total. The number of carbonyl (C=O) groups is 2. The highest BCUT2D eigenvalue weighted by Gasteiger charge is 2.32. The van der Waals surface area contributed by atoms with Crippen molar-refractivity contribution in [3.8, 4) is 0 Å². The van der Waals surface area contributed by atoms with E-state index in [1.165, 1.54) is 4.90 Å². The van der Waals surface area contributed by atoms with E-state index < -0.39 is 0 Å². The maximum Gasteiger partial charge on any atom is 0.259 e. The molecule has 2 aliphatic rings. The molecule has 0 bridgehead atoms. The molecule has 0 spiro atoms. The normalized spacial score (nSPS) is 17.3. The van der Waals surface area contributed by atoms with Crippen molar-refractivity contribution in [3.63, 3.8) is 0 Å². The number of anilines is 1. The van der Waals surface area contributed by atoms with Gasteiger partial charge in [-0.1, -0.05) is 24.8 Å². The van der Waals surface area contributed by atoms with Crippen LogP contribution in [-0.2, 0) is 11.8 Å². The highest BCUT2D eigenvalue weighted by atomic mass is 16.2. The number of rotatable bonds is 4. The van der Waals surface area contributed by atoms with Crippen molar-refractivity contribution in [2.45, 2.75) is 18.8 Å². The van der Waals surface area contributed by atoms with Crippen LogP contribution in [0.3, 0.4) is 0 Å². The molecule has 8 heteroatoms. The van der Waals surface area contributed by atoms with E-state index >= 15 is 0 Å². The first-order chi connectivity index (χ1) is 13.0. The van der Waals surface area contributed by atoms with Crippen LogP contribution in [0.1, 0.15) is 40.5 Å². The summed E-state index contributed by atoms with van der Waals surface area (Å²) in [6, 6.07) is 7.23. The summed E-state index contributed by atoms with van der Waals surface area (Å²) in [5.41, 5.74) is 1.88. The Hall–Kier alpha value is -3.00. The molecule has 1 fully saturated rings. The molecule has 2 amide bonds. The number of aromatic nitrogens is 3. The minimum Gasteiger partial charge on any atom is -0.317 e. The van der Waals surface area contributed by atoms with Crippen LogP contribution in [0.4, 0.5) is 5.95 Å². The smallest absolute Gasteiger partial charge is 0.259 e. The van der Waals surface area contributed by atoms with Gasteiger partial charge >= 0.3 is 0 Å². The summed E-state index contributed by atoms with van der Waals surface area (Å²) in [6.07, 6.45) is 1.97. The summed E-state index contributed by atoms with van der Waals surface area (Å²) in [6.45, 7) is 5.74. The van der Waals surface area contributed by atoms with Gasteiger partial charge in [0.05, 0.1) is 0 Å². The fraction of sp³-hybridized carbons (Fsp3) is 0.368. The van der Waals surface area contributed by atoms with E-state index in [1.807, 2.05) is 12.1 Å². The molecule has 0 saturated carbocycles. The van der Waals surface area contributed by atoms with Crippen LogP contribution in [0.2, 0.25) is 0 Å². The molecular formula is C19H22N6O2. The van der Waals surface area contributed by atoms with Gasteiger partial charge in [0.25, 0.3) is 5.91 Å². The van der Waals surface area contributed by atoms with E-state index in [0.717, 1.165) is 37.3 Å². The predicted molar refractivity (Wildman–Crippen MR) is 101 cm³/mol. The number of piperidine rings is 1. The van der Waals surface area contributed by atoms with E-state index in [4.69, 9.17) is 0 Å². The van der Waals surface area contributed by atoms with E-state index in [2.05, 4.69) is 27.3 Å². The van der Waals surface area contributed by atoms with Gasteiger partial charge in [-0.15, -0.1) is 0 Å². The van der Waals surface area contributed by atoms with Crippen molar-refractivity contribution in [3.05, 3.63) is 47.8 Å². The third kappa shape index (κ3) is 3.23. The standard InChI is InChI=1S/C19H22N6O2/c1-12-14-5-3-4-6-15(14)18(27)25(12)11-16(26)21-19-22-17(23-24(19)2)13-7-9-20-10-8-13/h3-6,13,20H,1,7-11H2,2H3,(H,21,22,23,26). The van der Waals surface area contributed by atoms with Gasteiger partial charge < -0.3 is 5.32 Å². The number of hydrogen-bond donors (Lipinski definition) is 2. The number of nitrogens with zero attached hydrogens (tertiary/aromatic N) is 4. The number of hydrogen-bond acceptors (Lipinski definition) is 5. The largest absolute Gasteiger partial charge is 0.317 e. The zero-order chi connectivity index (χ0) is 19.0. The Kier molecular flexibility index (Phi) is 4.49. The van der Waals surface area contributed by atoms with Crippen molar-refractivity contribution in [1.29, 1.82) is 0 Å². The highest BCUT2D eigenvalue weighted by Crippen LogP contribution is 2.30. The Morgan fingerprint density at radius 2 is 2.00 bits per heavy atom. The third-order valence-corrected chi connectivity index (χ3v) is 5.08. The third-order valence-electron chi connectivity index (χ3n) is 5.08. The molecular weight excluding hydrogens is 344 g/mol. The van der Waals surface area contributed by atoms with E-state index in [-0.39, 0.29) is 18.4 Å². The van der Waals surface area contributed by atoms with Crippen molar-refractivity contribution in [2.24, 2.45) is 7.05 Å². The van der Waals surface area contributed by atoms with Gasteiger partial charge in [-0.25, -0.2) is 4.68 Å². The summed E-state index contributed by atoms with van der Waals surface area (Å²) in [7, 11) is 1.75. The van der Waals surface area contributed by atoms with E-state index in [9.17, 15) is 9.59 Å². The number of fused-ring (bicyclic) bond motifs is 1. The number of nitrogens with one attached hydrogen (secondary N) is 2. The fourth-order valence-electron chi connectivity index (χ4n) is 3.58. The zero-order valence-corrected chi connectivity index (χ0v) is 15.2. The lowest BCUT2D eigenvalue weighted by Gasteiger charge is -2.19. The van der Waals surface area contributed by atoms with Crippen LogP contribution in [0.25, 0.3) is 5.70 Å². The maximum atomic E-state index is 12.5. The molecule has 0 atom stereocenters. The Labute approximate surface area is 157 Å². The fourth-order valence-corrected chi connectivity index (χ4v) is 3.58. The van der Waals surface area contributed by atoms with Crippen LogP contribution in [0, 0.1) is 0 Å². The SMILES string of the molecule is C=C1c2ccccc2C(=O)N1CC(=O)Nc1nc(C2CCNCC2)nn1C. The first-order valence-electron chi connectivity index (χ1n) is 9.06. The van der Waals surface area contributed by atoms with Crippen LogP contribution >= 0.6 is 0 Å². The molecule has 1 aromatic heterocycles. The summed E-state index contributed by atoms with van der Waals surface area (Å²) in [5, 5.41) is 10.5. The van der Waals surface area contributed by atoms with Gasteiger partial charge in [0.15, 0.2) is 5.82 Å². The van der Waals surface area contributed by atoms with Gasteiger partial charge in [0.1, 0.15) is 6.54 Å². The summed E-state index contributed by atoms with van der Waals surface area (Å²) >= 11 is 0. The summed E-state index contributed by atoms with van der Waals surface area (Å²) in [5.74, 6) is 0.910. The molecule has 1 saturated heterocycles. The molecule has 3 heterocycles. The number of amides is 2. The quantitative estimate of drug-likeness (QED) is 0.852. The van der Waals surface area contributed by atoms with Gasteiger partial charge in [0, 0.05) is 29.8 Å². The molecule has 2 aromatic rings. The van der Waals surface area contributed by atoms with Gasteiger partial charge in [-0.2, -0.15) is 10.1 Å². The number of aryl methyl sites for hydroxylation is 1. The van der Waals surface area contributed by atoms with Crippen molar-refractivity contribution < 1.29 is 9.59 Å². The minimum atomic E-state index is -0.329. The second-order valence-electron chi connectivity index (χ2n) is 6.87. The average molecular weight is 366 g/mol. The molecule has 0 unspecified atom stereocenters. The molecule has 0 radical (unpaired) electrons. The van der Waals surface area contributed by atoms with Crippen LogP contribution in [0.15, 0.2) is 30.8 Å². The van der Waals surface area contributed by atoms with Crippen molar-refractivity contribution in [2.75, 3.05) is 25.0 Å². The molecule has 4 rings (SSSR count). The molecule has 27 heavy (non-hydrogen) atoms. The first-order valence-corrected chi connectivity index (χ1v) is 9.06. The van der Waals surface area contributed by atoms with E-state index in [0.29, 0.717) is 23.1 Å². The Morgan fingerprint density at radius 1 is 1.30 bits per heavy atom.